The SMILES string of the molecule is Cc1cc(OCc2nc(C3CC3)no2)c2c(C)c(C)c(=O)oc2c1. The number of aryl methyl sites for hydroxylation is 2. The normalized spacial score (nSPS) is 14.3. The molecule has 0 spiro atoms. The number of benzene rings is 1. The second kappa shape index (κ2) is 5.47. The molecule has 0 radical (unpaired) electrons. The van der Waals surface area contributed by atoms with Crippen LogP contribution in [0.4, 0.5) is 0 Å². The largest absolute Gasteiger partial charge is 0.483 e. The van der Waals surface area contributed by atoms with Crippen molar-refractivity contribution in [2.24, 2.45) is 0 Å². The number of aromatic nitrogens is 2. The van der Waals surface area contributed by atoms with Crippen LogP contribution >= 0.6 is 0 Å². The van der Waals surface area contributed by atoms with Gasteiger partial charge in [-0.3, -0.25) is 0 Å². The summed E-state index contributed by atoms with van der Waals surface area (Å²) in [6.45, 7) is 5.77. The first-order valence-corrected chi connectivity index (χ1v) is 8.03. The monoisotopic (exact) mass is 326 g/mol. The zero-order chi connectivity index (χ0) is 16.8. The van der Waals surface area contributed by atoms with E-state index in [0.29, 0.717) is 28.7 Å². The Morgan fingerprint density at radius 2 is 2.00 bits per heavy atom. The van der Waals surface area contributed by atoms with Crippen LogP contribution in [0, 0.1) is 20.8 Å². The standard InChI is InChI=1S/C18H18N2O4/c1-9-6-13(16-10(2)11(3)18(21)23-14(16)7-9)22-8-15-19-17(20-24-15)12-4-5-12/h6-7,12H,4-5,8H2,1-3H3. The molecule has 124 valence electrons. The number of nitrogens with zero attached hydrogens (tertiary/aromatic N) is 2. The molecule has 0 unspecified atom stereocenters. The van der Waals surface area contributed by atoms with Crippen molar-refractivity contribution < 1.29 is 13.7 Å². The Kier molecular flexibility index (Phi) is 3.40. The molecule has 0 atom stereocenters. The highest BCUT2D eigenvalue weighted by Gasteiger charge is 2.28. The summed E-state index contributed by atoms with van der Waals surface area (Å²) in [5.74, 6) is 2.32. The van der Waals surface area contributed by atoms with Gasteiger partial charge in [0.25, 0.3) is 5.89 Å². The summed E-state index contributed by atoms with van der Waals surface area (Å²) in [7, 11) is 0. The van der Waals surface area contributed by atoms with Crippen LogP contribution in [0.1, 0.15) is 47.2 Å². The number of hydrogen-bond acceptors (Lipinski definition) is 6. The molecule has 6 heteroatoms. The summed E-state index contributed by atoms with van der Waals surface area (Å²) in [4.78, 5) is 16.3. The van der Waals surface area contributed by atoms with E-state index in [0.717, 1.165) is 35.2 Å². The second-order valence-electron chi connectivity index (χ2n) is 6.38. The van der Waals surface area contributed by atoms with Crippen LogP contribution in [0.25, 0.3) is 11.0 Å². The maximum atomic E-state index is 11.9. The number of hydrogen-bond donors (Lipinski definition) is 0. The average molecular weight is 326 g/mol. The molecule has 1 saturated carbocycles. The molecule has 0 saturated heterocycles. The fourth-order valence-corrected chi connectivity index (χ4v) is 2.78. The van der Waals surface area contributed by atoms with E-state index in [1.54, 1.807) is 6.92 Å². The van der Waals surface area contributed by atoms with Crippen molar-refractivity contribution >= 4 is 11.0 Å². The van der Waals surface area contributed by atoms with Gasteiger partial charge in [-0.2, -0.15) is 4.98 Å². The summed E-state index contributed by atoms with van der Waals surface area (Å²) in [6, 6.07) is 3.76. The molecule has 0 amide bonds. The van der Waals surface area contributed by atoms with E-state index in [9.17, 15) is 4.79 Å². The molecule has 6 nitrogen and oxygen atoms in total. The summed E-state index contributed by atoms with van der Waals surface area (Å²) >= 11 is 0. The topological polar surface area (TPSA) is 78.4 Å². The van der Waals surface area contributed by atoms with Crippen molar-refractivity contribution in [3.63, 3.8) is 0 Å². The van der Waals surface area contributed by atoms with Crippen LogP contribution in [-0.2, 0) is 6.61 Å². The van der Waals surface area contributed by atoms with Gasteiger partial charge in [-0.05, 0) is 56.9 Å². The quantitative estimate of drug-likeness (QED) is 0.682. The highest BCUT2D eigenvalue weighted by atomic mass is 16.5. The third kappa shape index (κ3) is 2.58. The predicted octanol–water partition coefficient (Wildman–Crippen LogP) is 3.56. The van der Waals surface area contributed by atoms with Crippen LogP contribution in [0.15, 0.2) is 25.9 Å². The van der Waals surface area contributed by atoms with Gasteiger partial charge >= 0.3 is 5.63 Å². The molecule has 1 aliphatic carbocycles. The van der Waals surface area contributed by atoms with Crippen molar-refractivity contribution in [3.8, 4) is 5.75 Å². The Morgan fingerprint density at radius 1 is 1.21 bits per heavy atom. The number of ether oxygens (including phenoxy) is 1. The zero-order valence-electron chi connectivity index (χ0n) is 13.9. The number of rotatable bonds is 4. The van der Waals surface area contributed by atoms with E-state index in [-0.39, 0.29) is 12.2 Å². The molecule has 4 rings (SSSR count). The highest BCUT2D eigenvalue weighted by Crippen LogP contribution is 2.38. The van der Waals surface area contributed by atoms with Gasteiger partial charge in [0.2, 0.25) is 0 Å². The first kappa shape index (κ1) is 14.9. The van der Waals surface area contributed by atoms with E-state index in [1.807, 2.05) is 26.0 Å². The lowest BCUT2D eigenvalue weighted by Crippen LogP contribution is -2.07. The van der Waals surface area contributed by atoms with Gasteiger partial charge in [0.15, 0.2) is 12.4 Å². The molecule has 0 aliphatic heterocycles. The Labute approximate surface area is 138 Å². The predicted molar refractivity (Wildman–Crippen MR) is 87.3 cm³/mol. The fraction of sp³-hybridized carbons (Fsp3) is 0.389. The Morgan fingerprint density at radius 3 is 2.75 bits per heavy atom. The lowest BCUT2D eigenvalue weighted by atomic mass is 10.0. The Hall–Kier alpha value is -2.63. The van der Waals surface area contributed by atoms with Gasteiger partial charge in [-0.15, -0.1) is 0 Å². The van der Waals surface area contributed by atoms with Gasteiger partial charge in [0, 0.05) is 11.5 Å². The minimum Gasteiger partial charge on any atom is -0.483 e. The summed E-state index contributed by atoms with van der Waals surface area (Å²) in [5, 5.41) is 4.79. The van der Waals surface area contributed by atoms with Gasteiger partial charge in [-0.25, -0.2) is 4.79 Å². The first-order valence-electron chi connectivity index (χ1n) is 8.03. The smallest absolute Gasteiger partial charge is 0.339 e. The fourth-order valence-electron chi connectivity index (χ4n) is 2.78. The highest BCUT2D eigenvalue weighted by molar-refractivity contribution is 5.88. The molecule has 1 aliphatic rings. The molecular weight excluding hydrogens is 308 g/mol. The van der Waals surface area contributed by atoms with Crippen molar-refractivity contribution in [3.05, 3.63) is 51.0 Å². The third-order valence-electron chi connectivity index (χ3n) is 4.43. The molecule has 1 fully saturated rings. The Bertz CT molecular complexity index is 983. The van der Waals surface area contributed by atoms with Crippen LogP contribution < -0.4 is 10.4 Å². The minimum absolute atomic E-state index is 0.190. The molecule has 0 N–H and O–H groups in total. The van der Waals surface area contributed by atoms with E-state index in [4.69, 9.17) is 13.7 Å². The molecule has 0 bridgehead atoms. The lowest BCUT2D eigenvalue weighted by molar-refractivity contribution is 0.244. The van der Waals surface area contributed by atoms with Crippen molar-refractivity contribution in [1.29, 1.82) is 0 Å². The van der Waals surface area contributed by atoms with Crippen molar-refractivity contribution in [2.75, 3.05) is 0 Å². The first-order chi connectivity index (χ1) is 11.5. The summed E-state index contributed by atoms with van der Waals surface area (Å²) in [5.41, 5.74) is 2.61. The van der Waals surface area contributed by atoms with E-state index < -0.39 is 0 Å². The molecule has 2 heterocycles. The van der Waals surface area contributed by atoms with Crippen LogP contribution in [-0.4, -0.2) is 10.1 Å². The van der Waals surface area contributed by atoms with E-state index in [2.05, 4.69) is 10.1 Å². The number of fused-ring (bicyclic) bond motifs is 1. The minimum atomic E-state index is -0.317. The van der Waals surface area contributed by atoms with Gasteiger partial charge in [0.05, 0.1) is 5.39 Å². The second-order valence-corrected chi connectivity index (χ2v) is 6.38. The van der Waals surface area contributed by atoms with Crippen LogP contribution in [0.3, 0.4) is 0 Å². The molecule has 3 aromatic rings. The maximum Gasteiger partial charge on any atom is 0.339 e. The van der Waals surface area contributed by atoms with E-state index >= 15 is 0 Å². The average Bonchev–Trinajstić information content (AvgIpc) is 3.29. The van der Waals surface area contributed by atoms with Crippen LogP contribution in [0.2, 0.25) is 0 Å². The van der Waals surface area contributed by atoms with Crippen molar-refractivity contribution in [2.45, 2.75) is 46.1 Å². The lowest BCUT2D eigenvalue weighted by Gasteiger charge is -2.11. The Balaban J connectivity index is 1.69. The van der Waals surface area contributed by atoms with Gasteiger partial charge < -0.3 is 13.7 Å². The summed E-state index contributed by atoms with van der Waals surface area (Å²) < 4.78 is 16.6. The maximum absolute atomic E-state index is 11.9. The molecule has 1 aromatic carbocycles. The molecule has 2 aromatic heterocycles. The van der Waals surface area contributed by atoms with Crippen molar-refractivity contribution in [1.82, 2.24) is 10.1 Å². The zero-order valence-corrected chi connectivity index (χ0v) is 13.9. The van der Waals surface area contributed by atoms with Gasteiger partial charge in [0.1, 0.15) is 11.3 Å². The molecular formula is C18H18N2O4. The molecule has 24 heavy (non-hydrogen) atoms. The van der Waals surface area contributed by atoms with E-state index in [1.165, 1.54) is 0 Å². The summed E-state index contributed by atoms with van der Waals surface area (Å²) in [6.07, 6.45) is 2.25. The van der Waals surface area contributed by atoms with Gasteiger partial charge in [-0.1, -0.05) is 5.16 Å². The van der Waals surface area contributed by atoms with Crippen LogP contribution in [0.5, 0.6) is 5.75 Å². The third-order valence-corrected chi connectivity index (χ3v) is 4.43.